The summed E-state index contributed by atoms with van der Waals surface area (Å²) in [5, 5.41) is 0. The van der Waals surface area contributed by atoms with Crippen LogP contribution in [0.25, 0.3) is 11.0 Å². The van der Waals surface area contributed by atoms with Gasteiger partial charge in [-0.1, -0.05) is 0 Å². The van der Waals surface area contributed by atoms with E-state index in [0.29, 0.717) is 0 Å². The lowest BCUT2D eigenvalue weighted by molar-refractivity contribution is 0.313. The van der Waals surface area contributed by atoms with Crippen LogP contribution in [0.5, 0.6) is 0 Å². The summed E-state index contributed by atoms with van der Waals surface area (Å²) in [6.45, 7) is 4.29. The number of likely N-dealkylation sites (N-methyl/N-ethyl adjacent to an activating group) is 1. The second-order valence-electron chi connectivity index (χ2n) is 4.64. The van der Waals surface area contributed by atoms with Crippen LogP contribution >= 0.6 is 15.9 Å². The van der Waals surface area contributed by atoms with E-state index in [1.807, 2.05) is 18.5 Å². The zero-order chi connectivity index (χ0) is 12.5. The van der Waals surface area contributed by atoms with Gasteiger partial charge in [-0.15, -0.1) is 0 Å². The lowest BCUT2D eigenvalue weighted by Crippen LogP contribution is -2.44. The molecule has 0 N–H and O–H groups in total. The number of piperazine rings is 1. The van der Waals surface area contributed by atoms with Crippen molar-refractivity contribution in [3.63, 3.8) is 0 Å². The third-order valence-electron chi connectivity index (χ3n) is 3.37. The second-order valence-corrected chi connectivity index (χ2v) is 5.56. The monoisotopic (exact) mass is 306 g/mol. The van der Waals surface area contributed by atoms with Gasteiger partial charge in [0.15, 0.2) is 0 Å². The highest BCUT2D eigenvalue weighted by atomic mass is 79.9. The number of hydrogen-bond acceptors (Lipinski definition) is 4. The minimum Gasteiger partial charge on any atom is -0.367 e. The molecule has 94 valence electrons. The molecule has 1 saturated heterocycles. The van der Waals surface area contributed by atoms with Crippen molar-refractivity contribution >= 4 is 32.7 Å². The summed E-state index contributed by atoms with van der Waals surface area (Å²) < 4.78 is 0.970. The Labute approximate surface area is 115 Å². The maximum Gasteiger partial charge on any atom is 0.112 e. The Morgan fingerprint density at radius 3 is 2.72 bits per heavy atom. The minimum atomic E-state index is 0.945. The van der Waals surface area contributed by atoms with Gasteiger partial charge in [-0.2, -0.15) is 0 Å². The molecule has 3 heterocycles. The molecule has 1 aliphatic rings. The molecule has 0 saturated carbocycles. The largest absolute Gasteiger partial charge is 0.367 e. The quantitative estimate of drug-likeness (QED) is 0.808. The molecule has 0 spiro atoms. The highest BCUT2D eigenvalue weighted by molar-refractivity contribution is 9.10. The van der Waals surface area contributed by atoms with E-state index in [1.54, 1.807) is 0 Å². The topological polar surface area (TPSA) is 32.3 Å². The van der Waals surface area contributed by atoms with Crippen LogP contribution in [0.2, 0.25) is 0 Å². The molecule has 1 aliphatic heterocycles. The maximum absolute atomic E-state index is 4.51. The zero-order valence-electron chi connectivity index (χ0n) is 10.3. The first kappa shape index (κ1) is 11.9. The lowest BCUT2D eigenvalue weighted by atomic mass is 10.2. The second kappa shape index (κ2) is 4.82. The van der Waals surface area contributed by atoms with Gasteiger partial charge in [0.25, 0.3) is 0 Å². The molecule has 0 aliphatic carbocycles. The van der Waals surface area contributed by atoms with E-state index in [1.165, 1.54) is 5.69 Å². The van der Waals surface area contributed by atoms with Gasteiger partial charge in [0.1, 0.15) is 5.52 Å². The highest BCUT2D eigenvalue weighted by Gasteiger charge is 2.17. The maximum atomic E-state index is 4.51. The van der Waals surface area contributed by atoms with Crippen LogP contribution in [-0.4, -0.2) is 48.1 Å². The van der Waals surface area contributed by atoms with Crippen LogP contribution < -0.4 is 4.90 Å². The molecule has 0 radical (unpaired) electrons. The summed E-state index contributed by atoms with van der Waals surface area (Å²) in [5.41, 5.74) is 3.13. The third-order valence-corrected chi connectivity index (χ3v) is 3.80. The van der Waals surface area contributed by atoms with Crippen LogP contribution in [0.3, 0.4) is 0 Å². The van der Waals surface area contributed by atoms with Crippen molar-refractivity contribution in [2.45, 2.75) is 0 Å². The Morgan fingerprint density at radius 2 is 1.94 bits per heavy atom. The Bertz CT molecular complexity index is 564. The average molecular weight is 307 g/mol. The molecule has 1 fully saturated rings. The summed E-state index contributed by atoms with van der Waals surface area (Å²) in [6, 6.07) is 4.08. The molecule has 0 bridgehead atoms. The van der Waals surface area contributed by atoms with Crippen molar-refractivity contribution in [2.24, 2.45) is 0 Å². The van der Waals surface area contributed by atoms with Gasteiger partial charge < -0.3 is 9.80 Å². The number of rotatable bonds is 1. The van der Waals surface area contributed by atoms with Gasteiger partial charge in [0.2, 0.25) is 0 Å². The van der Waals surface area contributed by atoms with Crippen LogP contribution in [0, 0.1) is 0 Å². The molecule has 0 atom stereocenters. The van der Waals surface area contributed by atoms with E-state index in [9.17, 15) is 0 Å². The summed E-state index contributed by atoms with van der Waals surface area (Å²) in [7, 11) is 2.16. The molecule has 0 aromatic carbocycles. The minimum absolute atomic E-state index is 0.945. The Balaban J connectivity index is 2.01. The average Bonchev–Trinajstić information content (AvgIpc) is 2.38. The van der Waals surface area contributed by atoms with Crippen LogP contribution in [0.15, 0.2) is 29.0 Å². The van der Waals surface area contributed by atoms with E-state index in [-0.39, 0.29) is 0 Å². The Morgan fingerprint density at radius 1 is 1.17 bits per heavy atom. The first-order valence-electron chi connectivity index (χ1n) is 6.08. The van der Waals surface area contributed by atoms with Crippen molar-refractivity contribution in [1.29, 1.82) is 0 Å². The first-order valence-corrected chi connectivity index (χ1v) is 6.87. The fourth-order valence-electron chi connectivity index (χ4n) is 2.29. The predicted molar refractivity (Wildman–Crippen MR) is 76.9 cm³/mol. The van der Waals surface area contributed by atoms with Gasteiger partial charge >= 0.3 is 0 Å². The number of anilines is 1. The molecule has 0 amide bonds. The summed E-state index contributed by atoms with van der Waals surface area (Å²) in [5.74, 6) is 0. The molecular weight excluding hydrogens is 292 g/mol. The third kappa shape index (κ3) is 2.20. The smallest absolute Gasteiger partial charge is 0.112 e. The molecule has 0 unspecified atom stereocenters. The van der Waals surface area contributed by atoms with Gasteiger partial charge in [-0.3, -0.25) is 9.97 Å². The lowest BCUT2D eigenvalue weighted by Gasteiger charge is -2.34. The summed E-state index contributed by atoms with van der Waals surface area (Å²) in [6.07, 6.45) is 3.70. The van der Waals surface area contributed by atoms with Gasteiger partial charge in [-0.05, 0) is 35.1 Å². The molecule has 2 aromatic rings. The van der Waals surface area contributed by atoms with Crippen molar-refractivity contribution in [1.82, 2.24) is 14.9 Å². The fraction of sp³-hybridized carbons (Fsp3) is 0.385. The first-order chi connectivity index (χ1) is 8.74. The highest BCUT2D eigenvalue weighted by Crippen LogP contribution is 2.25. The van der Waals surface area contributed by atoms with E-state index < -0.39 is 0 Å². The van der Waals surface area contributed by atoms with Crippen molar-refractivity contribution < 1.29 is 0 Å². The molecule has 3 rings (SSSR count). The molecule has 18 heavy (non-hydrogen) atoms. The van der Waals surface area contributed by atoms with E-state index in [2.05, 4.69) is 48.8 Å². The summed E-state index contributed by atoms with van der Waals surface area (Å²) >= 11 is 3.44. The normalized spacial score (nSPS) is 17.3. The molecule has 2 aromatic heterocycles. The zero-order valence-corrected chi connectivity index (χ0v) is 11.9. The van der Waals surface area contributed by atoms with Crippen molar-refractivity contribution in [3.05, 3.63) is 29.0 Å². The van der Waals surface area contributed by atoms with Crippen molar-refractivity contribution in [3.8, 4) is 0 Å². The number of hydrogen-bond donors (Lipinski definition) is 0. The van der Waals surface area contributed by atoms with Gasteiger partial charge in [0.05, 0.1) is 11.2 Å². The van der Waals surface area contributed by atoms with Crippen molar-refractivity contribution in [2.75, 3.05) is 38.1 Å². The van der Waals surface area contributed by atoms with E-state index in [4.69, 9.17) is 0 Å². The van der Waals surface area contributed by atoms with Crippen LogP contribution in [-0.2, 0) is 0 Å². The number of nitrogens with zero attached hydrogens (tertiary/aromatic N) is 4. The molecule has 4 nitrogen and oxygen atoms in total. The van der Waals surface area contributed by atoms with Gasteiger partial charge in [0, 0.05) is 43.0 Å². The summed E-state index contributed by atoms with van der Waals surface area (Å²) in [4.78, 5) is 13.6. The number of fused-ring (bicyclic) bond motifs is 1. The van der Waals surface area contributed by atoms with Gasteiger partial charge in [-0.25, -0.2) is 0 Å². The standard InChI is InChI=1S/C13H15BrN4/c1-17-4-6-18(7-5-17)12-2-3-15-11-8-10(14)9-16-13(11)12/h2-3,8-9H,4-7H2,1H3. The number of pyridine rings is 2. The van der Waals surface area contributed by atoms with E-state index >= 15 is 0 Å². The van der Waals surface area contributed by atoms with Crippen LogP contribution in [0.1, 0.15) is 0 Å². The Hall–Kier alpha value is -1.20. The Kier molecular flexibility index (Phi) is 3.18. The predicted octanol–water partition coefficient (Wildman–Crippen LogP) is 2.14. The number of aromatic nitrogens is 2. The molecule has 5 heteroatoms. The molecular formula is C13H15BrN4. The fourth-order valence-corrected chi connectivity index (χ4v) is 2.61. The van der Waals surface area contributed by atoms with E-state index in [0.717, 1.165) is 41.7 Å². The number of halogens is 1. The SMILES string of the molecule is CN1CCN(c2ccnc3cc(Br)cnc23)CC1. The van der Waals surface area contributed by atoms with Crippen LogP contribution in [0.4, 0.5) is 5.69 Å².